The number of hydrogen-bond donors (Lipinski definition) is 1. The summed E-state index contributed by atoms with van der Waals surface area (Å²) in [5, 5.41) is 11.6. The molecule has 4 aromatic rings. The highest BCUT2D eigenvalue weighted by Gasteiger charge is 2.12. The number of ether oxygens (including phenoxy) is 3. The monoisotopic (exact) mass is 446 g/mol. The molecule has 1 heterocycles. The molecule has 0 aliphatic rings. The summed E-state index contributed by atoms with van der Waals surface area (Å²) in [4.78, 5) is 0. The van der Waals surface area contributed by atoms with Crippen LogP contribution in [0.5, 0.6) is 17.2 Å². The Labute approximate surface area is 190 Å². The normalized spacial score (nSPS) is 10.9. The quantitative estimate of drug-likeness (QED) is 0.302. The fraction of sp³-hybridized carbons (Fsp3) is 0.125. The SMILES string of the molecule is COc1ccc(-c2n[nH]c(=S)n2/N=C/c2cccc(OCc3ccccc3)c2)cc1OC. The molecule has 0 aliphatic heterocycles. The van der Waals surface area contributed by atoms with Crippen molar-refractivity contribution in [2.45, 2.75) is 6.61 Å². The Bertz CT molecular complexity index is 1280. The van der Waals surface area contributed by atoms with Crippen molar-refractivity contribution in [3.63, 3.8) is 0 Å². The molecule has 0 amide bonds. The number of aromatic nitrogens is 3. The standard InChI is InChI=1S/C24H22N4O3S/c1-29-21-12-11-19(14-22(21)30-2)23-26-27-24(32)28(23)25-15-18-9-6-10-20(13-18)31-16-17-7-4-3-5-8-17/h3-15H,16H2,1-2H3,(H,27,32)/b25-15+. The lowest BCUT2D eigenvalue weighted by Crippen LogP contribution is -1.97. The van der Waals surface area contributed by atoms with E-state index in [1.54, 1.807) is 25.1 Å². The molecule has 0 atom stereocenters. The highest BCUT2D eigenvalue weighted by molar-refractivity contribution is 7.71. The Morgan fingerprint density at radius 2 is 1.78 bits per heavy atom. The first-order valence-corrected chi connectivity index (χ1v) is 10.3. The predicted molar refractivity (Wildman–Crippen MR) is 126 cm³/mol. The molecule has 1 aromatic heterocycles. The maximum Gasteiger partial charge on any atom is 0.216 e. The lowest BCUT2D eigenvalue weighted by molar-refractivity contribution is 0.306. The van der Waals surface area contributed by atoms with Gasteiger partial charge in [-0.2, -0.15) is 14.9 Å². The third-order valence-corrected chi connectivity index (χ3v) is 4.99. The maximum absolute atomic E-state index is 5.90. The van der Waals surface area contributed by atoms with Crippen LogP contribution in [0.2, 0.25) is 0 Å². The van der Waals surface area contributed by atoms with Gasteiger partial charge in [-0.3, -0.25) is 0 Å². The zero-order valence-electron chi connectivity index (χ0n) is 17.7. The van der Waals surface area contributed by atoms with Gasteiger partial charge >= 0.3 is 0 Å². The van der Waals surface area contributed by atoms with E-state index in [4.69, 9.17) is 26.4 Å². The van der Waals surface area contributed by atoms with Crippen LogP contribution in [0.25, 0.3) is 11.4 Å². The zero-order valence-corrected chi connectivity index (χ0v) is 18.5. The van der Waals surface area contributed by atoms with Crippen molar-refractivity contribution in [1.29, 1.82) is 0 Å². The van der Waals surface area contributed by atoms with Crippen molar-refractivity contribution >= 4 is 18.4 Å². The van der Waals surface area contributed by atoms with E-state index in [0.717, 1.165) is 22.4 Å². The number of aromatic amines is 1. The number of hydrogen-bond acceptors (Lipinski definition) is 6. The van der Waals surface area contributed by atoms with Gasteiger partial charge in [-0.25, -0.2) is 5.10 Å². The average molecular weight is 447 g/mol. The number of rotatable bonds is 8. The molecule has 0 unspecified atom stereocenters. The molecular weight excluding hydrogens is 424 g/mol. The number of methoxy groups -OCH3 is 2. The lowest BCUT2D eigenvalue weighted by atomic mass is 10.2. The minimum absolute atomic E-state index is 0.377. The molecular formula is C24H22N4O3S. The van der Waals surface area contributed by atoms with Gasteiger partial charge < -0.3 is 14.2 Å². The fourth-order valence-corrected chi connectivity index (χ4v) is 3.29. The van der Waals surface area contributed by atoms with E-state index in [9.17, 15) is 0 Å². The minimum Gasteiger partial charge on any atom is -0.493 e. The van der Waals surface area contributed by atoms with Crippen molar-refractivity contribution in [2.24, 2.45) is 5.10 Å². The first-order valence-electron chi connectivity index (χ1n) is 9.89. The van der Waals surface area contributed by atoms with Gasteiger partial charge in [0.1, 0.15) is 12.4 Å². The van der Waals surface area contributed by atoms with Crippen molar-refractivity contribution < 1.29 is 14.2 Å². The van der Waals surface area contributed by atoms with Gasteiger partial charge in [0, 0.05) is 5.56 Å². The Kier molecular flexibility index (Phi) is 6.62. The van der Waals surface area contributed by atoms with E-state index in [2.05, 4.69) is 15.3 Å². The van der Waals surface area contributed by atoms with Crippen molar-refractivity contribution in [3.8, 4) is 28.6 Å². The Morgan fingerprint density at radius 3 is 2.56 bits per heavy atom. The molecule has 0 saturated carbocycles. The Morgan fingerprint density at radius 1 is 0.969 bits per heavy atom. The molecule has 4 rings (SSSR count). The van der Waals surface area contributed by atoms with Crippen LogP contribution in [0.3, 0.4) is 0 Å². The number of benzene rings is 3. The second kappa shape index (κ2) is 9.93. The first kappa shape index (κ1) is 21.3. The van der Waals surface area contributed by atoms with Crippen LogP contribution >= 0.6 is 12.2 Å². The van der Waals surface area contributed by atoms with E-state index < -0.39 is 0 Å². The van der Waals surface area contributed by atoms with E-state index in [-0.39, 0.29) is 0 Å². The van der Waals surface area contributed by atoms with Gasteiger partial charge in [0.05, 0.1) is 20.4 Å². The van der Waals surface area contributed by atoms with E-state index in [0.29, 0.717) is 28.7 Å². The highest BCUT2D eigenvalue weighted by atomic mass is 32.1. The summed E-state index contributed by atoms with van der Waals surface area (Å²) in [6, 6.07) is 23.2. The Hall–Kier alpha value is -3.91. The summed E-state index contributed by atoms with van der Waals surface area (Å²) in [5.74, 6) is 2.54. The van der Waals surface area contributed by atoms with E-state index in [1.165, 1.54) is 0 Å². The molecule has 1 N–H and O–H groups in total. The van der Waals surface area contributed by atoms with Crippen LogP contribution in [0.15, 0.2) is 77.9 Å². The summed E-state index contributed by atoms with van der Waals surface area (Å²) >= 11 is 5.37. The molecule has 0 saturated heterocycles. The summed E-state index contributed by atoms with van der Waals surface area (Å²) in [5.41, 5.74) is 2.76. The molecule has 0 fully saturated rings. The molecule has 0 bridgehead atoms. The van der Waals surface area contributed by atoms with Crippen molar-refractivity contribution in [1.82, 2.24) is 14.9 Å². The van der Waals surface area contributed by atoms with E-state index >= 15 is 0 Å². The zero-order chi connectivity index (χ0) is 22.3. The number of nitrogens with zero attached hydrogens (tertiary/aromatic N) is 3. The third-order valence-electron chi connectivity index (χ3n) is 4.72. The Balaban J connectivity index is 1.56. The first-order chi connectivity index (χ1) is 15.7. The summed E-state index contributed by atoms with van der Waals surface area (Å²) in [7, 11) is 3.18. The number of nitrogens with one attached hydrogen (secondary N) is 1. The second-order valence-corrected chi connectivity index (χ2v) is 7.21. The molecule has 32 heavy (non-hydrogen) atoms. The van der Waals surface area contributed by atoms with Crippen LogP contribution in [0, 0.1) is 4.77 Å². The van der Waals surface area contributed by atoms with Crippen LogP contribution in [0.4, 0.5) is 0 Å². The fourth-order valence-electron chi connectivity index (χ4n) is 3.11. The summed E-state index contributed by atoms with van der Waals surface area (Å²) in [6.07, 6.45) is 1.71. The van der Waals surface area contributed by atoms with Crippen molar-refractivity contribution in [2.75, 3.05) is 14.2 Å². The molecule has 0 radical (unpaired) electrons. The third kappa shape index (κ3) is 4.87. The molecule has 162 valence electrons. The van der Waals surface area contributed by atoms with E-state index in [1.807, 2.05) is 72.8 Å². The predicted octanol–water partition coefficient (Wildman–Crippen LogP) is 5.09. The van der Waals surface area contributed by atoms with Gasteiger partial charge in [0.15, 0.2) is 17.3 Å². The van der Waals surface area contributed by atoms with Crippen LogP contribution in [0.1, 0.15) is 11.1 Å². The number of H-pyrrole nitrogens is 1. The van der Waals surface area contributed by atoms with Crippen molar-refractivity contribution in [3.05, 3.63) is 88.7 Å². The van der Waals surface area contributed by atoms with Gasteiger partial charge in [-0.05, 0) is 53.7 Å². The highest BCUT2D eigenvalue weighted by Crippen LogP contribution is 2.31. The van der Waals surface area contributed by atoms with Gasteiger partial charge in [-0.15, -0.1) is 0 Å². The molecule has 3 aromatic carbocycles. The van der Waals surface area contributed by atoms with Crippen LogP contribution < -0.4 is 14.2 Å². The smallest absolute Gasteiger partial charge is 0.216 e. The molecule has 0 spiro atoms. The van der Waals surface area contributed by atoms with Crippen LogP contribution in [-0.4, -0.2) is 35.3 Å². The summed E-state index contributed by atoms with van der Waals surface area (Å²) in [6.45, 7) is 0.498. The summed E-state index contributed by atoms with van der Waals surface area (Å²) < 4.78 is 18.5. The van der Waals surface area contributed by atoms with Gasteiger partial charge in [0.2, 0.25) is 4.77 Å². The lowest BCUT2D eigenvalue weighted by Gasteiger charge is -2.09. The average Bonchev–Trinajstić information content (AvgIpc) is 3.22. The molecule has 7 nitrogen and oxygen atoms in total. The van der Waals surface area contributed by atoms with Crippen LogP contribution in [-0.2, 0) is 6.61 Å². The molecule has 0 aliphatic carbocycles. The van der Waals surface area contributed by atoms with Gasteiger partial charge in [0.25, 0.3) is 0 Å². The van der Waals surface area contributed by atoms with Gasteiger partial charge in [-0.1, -0.05) is 42.5 Å². The topological polar surface area (TPSA) is 73.7 Å². The maximum atomic E-state index is 5.90. The second-order valence-electron chi connectivity index (χ2n) is 6.83. The molecule has 8 heteroatoms. The minimum atomic E-state index is 0.377. The largest absolute Gasteiger partial charge is 0.493 e.